The van der Waals surface area contributed by atoms with E-state index < -0.39 is 8.07 Å². The summed E-state index contributed by atoms with van der Waals surface area (Å²) in [7, 11) is -3.27. The molecule has 10 aromatic carbocycles. The maximum atomic E-state index is 5.66. The predicted octanol–water partition coefficient (Wildman–Crippen LogP) is 19.5. The van der Waals surface area contributed by atoms with Crippen molar-refractivity contribution in [3.63, 3.8) is 0 Å². The summed E-state index contributed by atoms with van der Waals surface area (Å²) in [6.07, 6.45) is 0. The molecule has 2 aliphatic heterocycles. The average molecular weight is 1280 g/mol. The van der Waals surface area contributed by atoms with E-state index in [4.69, 9.17) is 9.97 Å². The van der Waals surface area contributed by atoms with E-state index in [-0.39, 0.29) is 39.2 Å². The molecule has 0 amide bonds. The van der Waals surface area contributed by atoms with Crippen LogP contribution in [0.2, 0.25) is 0 Å². The highest BCUT2D eigenvalue weighted by atomic mass is 32.1. The minimum atomic E-state index is -3.27. The number of hydrogen-bond acceptors (Lipinski definition) is 6. The molecule has 472 valence electrons. The first-order valence-electron chi connectivity index (χ1n) is 33.7. The minimum absolute atomic E-state index is 0.0322. The molecular weight excluding hydrogens is 1190 g/mol. The Hall–Kier alpha value is -8.14. The standard InChI is InChI=1S/C86H89BN4S2Si/c1-81(2,3)56-38-34-54(35-39-56)79-88-70-50-68-72(52-76(70)92-79)90(62-44-58(83(7,8)9)42-59(45-62)84(10,11)12)74-48-67(94(64-28-22-19-23-29-64,65-30-24-20-25-31-65)66-32-26-21-27-33-66)49-75-78(74)87(68)69-51-71-77(93-80(89-71)55-36-40-57(41-37-55)82(4,5)6)53-73(69)91(75)63-46-60(85(13,14)15)43-61(47-63)86(16,17)18/h19-53H,1-18H3. The fourth-order valence-electron chi connectivity index (χ4n) is 14.4. The Bertz CT molecular complexity index is 4480. The van der Waals surface area contributed by atoms with Crippen LogP contribution >= 0.6 is 22.7 Å². The van der Waals surface area contributed by atoms with Gasteiger partial charge in [-0.3, -0.25) is 0 Å². The Kier molecular flexibility index (Phi) is 15.1. The number of nitrogens with zero attached hydrogens (tertiary/aromatic N) is 4. The van der Waals surface area contributed by atoms with E-state index in [2.05, 4.69) is 347 Å². The lowest BCUT2D eigenvalue weighted by molar-refractivity contribution is 0.568. The minimum Gasteiger partial charge on any atom is -0.311 e. The van der Waals surface area contributed by atoms with Crippen LogP contribution in [-0.2, 0) is 32.5 Å². The zero-order chi connectivity index (χ0) is 66.4. The molecule has 94 heavy (non-hydrogen) atoms. The van der Waals surface area contributed by atoms with Crippen LogP contribution in [0.4, 0.5) is 34.1 Å². The molecular formula is C86H89BN4S2Si. The highest BCUT2D eigenvalue weighted by Crippen LogP contribution is 2.50. The Morgan fingerprint density at radius 1 is 0.309 bits per heavy atom. The van der Waals surface area contributed by atoms with Crippen molar-refractivity contribution in [3.05, 3.63) is 246 Å². The summed E-state index contributed by atoms with van der Waals surface area (Å²) in [5.74, 6) is 0. The summed E-state index contributed by atoms with van der Waals surface area (Å²) < 4.78 is 2.32. The fraction of sp³-hybridized carbons (Fsp3) is 0.279. The molecule has 0 saturated carbocycles. The highest BCUT2D eigenvalue weighted by molar-refractivity contribution is 7.22. The number of aromatic nitrogens is 2. The van der Waals surface area contributed by atoms with E-state index >= 15 is 0 Å². The van der Waals surface area contributed by atoms with Gasteiger partial charge in [-0.15, -0.1) is 22.7 Å². The van der Waals surface area contributed by atoms with Crippen molar-refractivity contribution in [2.45, 2.75) is 157 Å². The van der Waals surface area contributed by atoms with Crippen molar-refractivity contribution in [2.75, 3.05) is 9.80 Å². The van der Waals surface area contributed by atoms with Gasteiger partial charge in [0, 0.05) is 45.3 Å². The van der Waals surface area contributed by atoms with E-state index in [0.717, 1.165) is 53.0 Å². The number of benzene rings is 10. The Morgan fingerprint density at radius 2 is 0.617 bits per heavy atom. The van der Waals surface area contributed by atoms with Crippen LogP contribution in [-0.4, -0.2) is 24.8 Å². The zero-order valence-electron chi connectivity index (χ0n) is 58.4. The topological polar surface area (TPSA) is 32.3 Å². The first kappa shape index (κ1) is 63.3. The van der Waals surface area contributed by atoms with Crippen LogP contribution < -0.4 is 46.9 Å². The summed E-state index contributed by atoms with van der Waals surface area (Å²) in [6, 6.07) is 83.1. The number of fused-ring (bicyclic) bond motifs is 6. The van der Waals surface area contributed by atoms with Crippen LogP contribution in [0.1, 0.15) is 158 Å². The molecule has 0 fully saturated rings. The Labute approximate surface area is 568 Å². The van der Waals surface area contributed by atoms with Gasteiger partial charge >= 0.3 is 0 Å². The van der Waals surface area contributed by atoms with Gasteiger partial charge in [0.05, 0.1) is 20.4 Å². The van der Waals surface area contributed by atoms with Crippen LogP contribution in [0.15, 0.2) is 212 Å². The zero-order valence-corrected chi connectivity index (χ0v) is 61.0. The lowest BCUT2D eigenvalue weighted by atomic mass is 9.33. The summed E-state index contributed by atoms with van der Waals surface area (Å²) in [5.41, 5.74) is 22.4. The Balaban J connectivity index is 1.18. The van der Waals surface area contributed by atoms with Gasteiger partial charge in [-0.1, -0.05) is 276 Å². The molecule has 0 unspecified atom stereocenters. The van der Waals surface area contributed by atoms with Crippen molar-refractivity contribution >= 4 is 129 Å². The monoisotopic (exact) mass is 1280 g/mol. The predicted molar refractivity (Wildman–Crippen MR) is 414 cm³/mol. The normalized spacial score (nSPS) is 13.8. The van der Waals surface area contributed by atoms with E-state index in [1.165, 1.54) is 93.3 Å². The van der Waals surface area contributed by atoms with E-state index in [9.17, 15) is 0 Å². The van der Waals surface area contributed by atoms with Crippen molar-refractivity contribution < 1.29 is 0 Å². The third kappa shape index (κ3) is 11.1. The molecule has 8 heteroatoms. The second-order valence-corrected chi connectivity index (χ2v) is 38.7. The van der Waals surface area contributed by atoms with Gasteiger partial charge in [0.2, 0.25) is 0 Å². The van der Waals surface area contributed by atoms with Gasteiger partial charge in [0.1, 0.15) is 10.0 Å². The van der Waals surface area contributed by atoms with Gasteiger partial charge < -0.3 is 9.80 Å². The Morgan fingerprint density at radius 3 is 0.915 bits per heavy atom. The summed E-state index contributed by atoms with van der Waals surface area (Å²) in [4.78, 5) is 16.7. The molecule has 0 radical (unpaired) electrons. The fourth-order valence-corrected chi connectivity index (χ4v) is 21.1. The molecule has 2 aromatic heterocycles. The molecule has 4 heterocycles. The first-order chi connectivity index (χ1) is 44.3. The third-order valence-corrected chi connectivity index (χ3v) is 26.8. The summed E-state index contributed by atoms with van der Waals surface area (Å²) in [6.45, 7) is 41.9. The molecule has 0 bridgehead atoms. The smallest absolute Gasteiger partial charge is 0.252 e. The van der Waals surface area contributed by atoms with E-state index in [0.29, 0.717) is 0 Å². The number of rotatable bonds is 8. The summed E-state index contributed by atoms with van der Waals surface area (Å²) in [5, 5.41) is 7.36. The van der Waals surface area contributed by atoms with Gasteiger partial charge in [-0.2, -0.15) is 0 Å². The number of hydrogen-bond donors (Lipinski definition) is 0. The van der Waals surface area contributed by atoms with Crippen molar-refractivity contribution in [1.82, 2.24) is 9.97 Å². The number of thiazole rings is 2. The summed E-state index contributed by atoms with van der Waals surface area (Å²) >= 11 is 3.60. The first-order valence-corrected chi connectivity index (χ1v) is 37.4. The van der Waals surface area contributed by atoms with Crippen LogP contribution in [0.5, 0.6) is 0 Å². The quantitative estimate of drug-likeness (QED) is 0.112. The molecule has 4 nitrogen and oxygen atoms in total. The molecule has 0 N–H and O–H groups in total. The van der Waals surface area contributed by atoms with E-state index in [1.807, 2.05) is 0 Å². The van der Waals surface area contributed by atoms with Crippen LogP contribution in [0, 0.1) is 0 Å². The molecule has 2 aliphatic rings. The van der Waals surface area contributed by atoms with Gasteiger partial charge in [-0.25, -0.2) is 9.97 Å². The van der Waals surface area contributed by atoms with Crippen molar-refractivity contribution in [2.24, 2.45) is 0 Å². The van der Waals surface area contributed by atoms with Gasteiger partial charge in [-0.05, 0) is 164 Å². The second-order valence-electron chi connectivity index (χ2n) is 32.9. The molecule has 0 spiro atoms. The lowest BCUT2D eigenvalue weighted by Gasteiger charge is -2.46. The highest BCUT2D eigenvalue weighted by Gasteiger charge is 2.49. The van der Waals surface area contributed by atoms with Crippen molar-refractivity contribution in [3.8, 4) is 21.1 Å². The van der Waals surface area contributed by atoms with Crippen LogP contribution in [0.3, 0.4) is 0 Å². The number of anilines is 6. The maximum absolute atomic E-state index is 5.66. The molecule has 12 aromatic rings. The van der Waals surface area contributed by atoms with E-state index in [1.54, 1.807) is 22.7 Å². The second kappa shape index (κ2) is 22.5. The largest absolute Gasteiger partial charge is 0.311 e. The van der Waals surface area contributed by atoms with Crippen molar-refractivity contribution in [1.29, 1.82) is 0 Å². The molecule has 14 rings (SSSR count). The molecule has 0 aliphatic carbocycles. The molecule has 0 saturated heterocycles. The lowest BCUT2D eigenvalue weighted by Crippen LogP contribution is -2.75. The maximum Gasteiger partial charge on any atom is 0.252 e. The molecule has 0 atom stereocenters. The van der Waals surface area contributed by atoms with Gasteiger partial charge in [0.25, 0.3) is 6.71 Å². The average Bonchev–Trinajstić information content (AvgIpc) is 0.870. The van der Waals surface area contributed by atoms with Gasteiger partial charge in [0.15, 0.2) is 8.07 Å². The SMILES string of the molecule is CC(C)(C)c1ccc(-c2nc3cc4c(cc3s2)N(c2cc(C(C)(C)C)cc(C(C)(C)C)c2)c2cc([Si](c3ccccc3)(c3ccccc3)c3ccccc3)cc3c2B4c2cc4nc(-c5ccc(C(C)(C)C)cc5)sc4cc2N3c2cc(C(C)(C)C)cc(C(C)(C)C)c2)cc1. The third-order valence-electron chi connectivity index (χ3n) is 19.9. The van der Waals surface area contributed by atoms with Crippen LogP contribution in [0.25, 0.3) is 41.6 Å².